The van der Waals surface area contributed by atoms with E-state index in [4.69, 9.17) is 18.0 Å². The van der Waals surface area contributed by atoms with E-state index >= 15 is 0 Å². The summed E-state index contributed by atoms with van der Waals surface area (Å²) in [6.45, 7) is 0. The molecule has 2 heterocycles. The van der Waals surface area contributed by atoms with Crippen LogP contribution in [0.5, 0.6) is 0 Å². The zero-order valence-corrected chi connectivity index (χ0v) is 7.98. The SMILES string of the molecule is NC(=S)c1nccnc1-n1cccn1. The van der Waals surface area contributed by atoms with Crippen LogP contribution in [0.2, 0.25) is 0 Å². The van der Waals surface area contributed by atoms with E-state index in [0.29, 0.717) is 11.5 Å². The van der Waals surface area contributed by atoms with Crippen LogP contribution < -0.4 is 5.73 Å². The van der Waals surface area contributed by atoms with Gasteiger partial charge in [-0.15, -0.1) is 0 Å². The smallest absolute Gasteiger partial charge is 0.182 e. The van der Waals surface area contributed by atoms with Gasteiger partial charge >= 0.3 is 0 Å². The van der Waals surface area contributed by atoms with Gasteiger partial charge in [-0.25, -0.2) is 14.6 Å². The monoisotopic (exact) mass is 205 g/mol. The number of hydrogen-bond donors (Lipinski definition) is 1. The third-order valence-corrected chi connectivity index (χ3v) is 1.83. The summed E-state index contributed by atoms with van der Waals surface area (Å²) < 4.78 is 1.57. The molecule has 2 rings (SSSR count). The minimum Gasteiger partial charge on any atom is -0.388 e. The summed E-state index contributed by atoms with van der Waals surface area (Å²) >= 11 is 4.86. The van der Waals surface area contributed by atoms with Gasteiger partial charge in [0.25, 0.3) is 0 Å². The van der Waals surface area contributed by atoms with Crippen molar-refractivity contribution in [2.45, 2.75) is 0 Å². The van der Waals surface area contributed by atoms with Crippen LogP contribution in [-0.2, 0) is 0 Å². The van der Waals surface area contributed by atoms with Crippen LogP contribution in [0.15, 0.2) is 30.9 Å². The average molecular weight is 205 g/mol. The molecule has 0 radical (unpaired) electrons. The third-order valence-electron chi connectivity index (χ3n) is 1.63. The van der Waals surface area contributed by atoms with E-state index < -0.39 is 0 Å². The summed E-state index contributed by atoms with van der Waals surface area (Å²) in [5, 5.41) is 4.03. The number of nitrogens with zero attached hydrogens (tertiary/aromatic N) is 4. The van der Waals surface area contributed by atoms with Gasteiger partial charge in [0.2, 0.25) is 0 Å². The van der Waals surface area contributed by atoms with E-state index in [-0.39, 0.29) is 4.99 Å². The fourth-order valence-corrected chi connectivity index (χ4v) is 1.21. The second-order valence-corrected chi connectivity index (χ2v) is 2.98. The number of rotatable bonds is 2. The van der Waals surface area contributed by atoms with E-state index in [1.54, 1.807) is 35.5 Å². The van der Waals surface area contributed by atoms with Gasteiger partial charge < -0.3 is 5.73 Å². The molecule has 0 spiro atoms. The Morgan fingerprint density at radius 3 is 2.71 bits per heavy atom. The molecule has 0 aliphatic carbocycles. The molecule has 0 unspecified atom stereocenters. The summed E-state index contributed by atoms with van der Waals surface area (Å²) in [7, 11) is 0. The van der Waals surface area contributed by atoms with Crippen molar-refractivity contribution in [2.75, 3.05) is 0 Å². The minimum absolute atomic E-state index is 0.212. The molecule has 6 heteroatoms. The normalized spacial score (nSPS) is 10.0. The third kappa shape index (κ3) is 1.47. The molecule has 14 heavy (non-hydrogen) atoms. The van der Waals surface area contributed by atoms with Crippen LogP contribution in [-0.4, -0.2) is 24.7 Å². The van der Waals surface area contributed by atoms with Gasteiger partial charge in [-0.1, -0.05) is 12.2 Å². The maximum absolute atomic E-state index is 5.51. The lowest BCUT2D eigenvalue weighted by Crippen LogP contribution is -2.16. The van der Waals surface area contributed by atoms with Crippen molar-refractivity contribution in [2.24, 2.45) is 5.73 Å². The Morgan fingerprint density at radius 1 is 1.29 bits per heavy atom. The van der Waals surface area contributed by atoms with E-state index in [1.165, 1.54) is 0 Å². The largest absolute Gasteiger partial charge is 0.388 e. The summed E-state index contributed by atoms with van der Waals surface area (Å²) in [4.78, 5) is 8.37. The first kappa shape index (κ1) is 8.76. The lowest BCUT2D eigenvalue weighted by atomic mass is 10.4. The van der Waals surface area contributed by atoms with E-state index in [2.05, 4.69) is 15.1 Å². The second-order valence-electron chi connectivity index (χ2n) is 2.54. The zero-order valence-electron chi connectivity index (χ0n) is 7.16. The molecule has 2 N–H and O–H groups in total. The highest BCUT2D eigenvalue weighted by Crippen LogP contribution is 2.06. The Balaban J connectivity index is 2.58. The average Bonchev–Trinajstić information content (AvgIpc) is 2.70. The number of nitrogens with two attached hydrogens (primary N) is 1. The number of thiocarbonyl (C=S) groups is 1. The molecular formula is C8H7N5S. The van der Waals surface area contributed by atoms with E-state index in [1.807, 2.05) is 0 Å². The maximum Gasteiger partial charge on any atom is 0.182 e. The molecule has 5 nitrogen and oxygen atoms in total. The number of hydrogen-bond acceptors (Lipinski definition) is 4. The Hall–Kier alpha value is -1.82. The van der Waals surface area contributed by atoms with Crippen molar-refractivity contribution in [1.82, 2.24) is 19.7 Å². The van der Waals surface area contributed by atoms with Crippen molar-refractivity contribution in [1.29, 1.82) is 0 Å². The molecular weight excluding hydrogens is 198 g/mol. The summed E-state index contributed by atoms with van der Waals surface area (Å²) in [5.74, 6) is 0.546. The molecule has 0 bridgehead atoms. The molecule has 0 aliphatic heterocycles. The van der Waals surface area contributed by atoms with Gasteiger partial charge in [0.05, 0.1) is 0 Å². The zero-order chi connectivity index (χ0) is 9.97. The molecule has 2 aromatic rings. The Kier molecular flexibility index (Phi) is 2.19. The lowest BCUT2D eigenvalue weighted by Gasteiger charge is -2.04. The molecule has 0 atom stereocenters. The summed E-state index contributed by atoms with van der Waals surface area (Å²) in [6.07, 6.45) is 6.52. The van der Waals surface area contributed by atoms with Gasteiger partial charge in [-0.3, -0.25) is 0 Å². The van der Waals surface area contributed by atoms with Crippen molar-refractivity contribution in [3.05, 3.63) is 36.5 Å². The Bertz CT molecular complexity index is 451. The molecule has 70 valence electrons. The molecule has 0 saturated heterocycles. The van der Waals surface area contributed by atoms with Crippen LogP contribution in [0.1, 0.15) is 5.69 Å². The minimum atomic E-state index is 0.212. The fourth-order valence-electron chi connectivity index (χ4n) is 1.07. The maximum atomic E-state index is 5.51. The summed E-state index contributed by atoms with van der Waals surface area (Å²) in [5.41, 5.74) is 5.99. The molecule has 2 aromatic heterocycles. The van der Waals surface area contributed by atoms with Crippen molar-refractivity contribution in [3.8, 4) is 5.82 Å². The van der Waals surface area contributed by atoms with Crippen molar-refractivity contribution < 1.29 is 0 Å². The molecule has 0 fully saturated rings. The Labute approximate surface area is 85.6 Å². The van der Waals surface area contributed by atoms with Crippen LogP contribution in [0.25, 0.3) is 5.82 Å². The van der Waals surface area contributed by atoms with Gasteiger partial charge in [-0.2, -0.15) is 5.10 Å². The van der Waals surface area contributed by atoms with Gasteiger partial charge in [-0.05, 0) is 6.07 Å². The second kappa shape index (κ2) is 3.51. The van der Waals surface area contributed by atoms with Crippen LogP contribution >= 0.6 is 12.2 Å². The number of aromatic nitrogens is 4. The first-order chi connectivity index (χ1) is 6.79. The van der Waals surface area contributed by atoms with E-state index in [9.17, 15) is 0 Å². The van der Waals surface area contributed by atoms with Crippen molar-refractivity contribution >= 4 is 17.2 Å². The molecule has 0 amide bonds. The van der Waals surface area contributed by atoms with Gasteiger partial charge in [0.15, 0.2) is 5.82 Å². The highest BCUT2D eigenvalue weighted by molar-refractivity contribution is 7.80. The lowest BCUT2D eigenvalue weighted by molar-refractivity contribution is 0.834. The van der Waals surface area contributed by atoms with Gasteiger partial charge in [0, 0.05) is 24.8 Å². The topological polar surface area (TPSA) is 69.6 Å². The van der Waals surface area contributed by atoms with Gasteiger partial charge in [0.1, 0.15) is 10.7 Å². The highest BCUT2D eigenvalue weighted by Gasteiger charge is 2.08. The van der Waals surface area contributed by atoms with E-state index in [0.717, 1.165) is 0 Å². The quantitative estimate of drug-likeness (QED) is 0.714. The first-order valence-electron chi connectivity index (χ1n) is 3.90. The predicted octanol–water partition coefficient (Wildman–Crippen LogP) is 0.297. The summed E-state index contributed by atoms with van der Waals surface area (Å²) in [6, 6.07) is 1.79. The van der Waals surface area contributed by atoms with Crippen LogP contribution in [0.3, 0.4) is 0 Å². The molecule has 0 aromatic carbocycles. The molecule has 0 aliphatic rings. The Morgan fingerprint density at radius 2 is 2.07 bits per heavy atom. The molecule has 0 saturated carbocycles. The fraction of sp³-hybridized carbons (Fsp3) is 0. The van der Waals surface area contributed by atoms with Crippen LogP contribution in [0, 0.1) is 0 Å². The predicted molar refractivity (Wildman–Crippen MR) is 55.0 cm³/mol. The standard InChI is InChI=1S/C8H7N5S/c9-7(14)6-8(11-4-3-10-6)13-5-1-2-12-13/h1-5H,(H2,9,14). The van der Waals surface area contributed by atoms with Crippen LogP contribution in [0.4, 0.5) is 0 Å². The van der Waals surface area contributed by atoms with Crippen molar-refractivity contribution in [3.63, 3.8) is 0 Å². The highest BCUT2D eigenvalue weighted by atomic mass is 32.1. The first-order valence-corrected chi connectivity index (χ1v) is 4.30.